The molecule has 4 aromatic rings. The SMILES string of the molecule is CCOC(=O)C1=C(C)N=c2s/c(=C\c3cccc(COc4ccc(I)cc4I)c3)c(=O)n2[C@@H]1c1ccc(Br)cc1. The number of fused-ring (bicyclic) bond motifs is 1. The second kappa shape index (κ2) is 12.7. The molecular formula is C30H23BrI2N2O4S. The first kappa shape index (κ1) is 29.2. The molecule has 0 amide bonds. The molecule has 40 heavy (non-hydrogen) atoms. The highest BCUT2D eigenvalue weighted by atomic mass is 127. The van der Waals surface area contributed by atoms with Gasteiger partial charge in [0.1, 0.15) is 12.4 Å². The molecule has 2 heterocycles. The van der Waals surface area contributed by atoms with Gasteiger partial charge in [-0.05, 0) is 118 Å². The maximum atomic E-state index is 13.8. The zero-order chi connectivity index (χ0) is 28.4. The molecule has 0 bridgehead atoms. The Morgan fingerprint density at radius 2 is 1.90 bits per heavy atom. The van der Waals surface area contributed by atoms with Crippen molar-refractivity contribution in [2.75, 3.05) is 6.61 Å². The van der Waals surface area contributed by atoms with Gasteiger partial charge in [0.25, 0.3) is 5.56 Å². The number of esters is 1. The van der Waals surface area contributed by atoms with Crippen LogP contribution in [0.5, 0.6) is 5.75 Å². The molecule has 0 N–H and O–H groups in total. The monoisotopic (exact) mass is 840 g/mol. The van der Waals surface area contributed by atoms with Crippen molar-refractivity contribution in [3.05, 3.63) is 126 Å². The fraction of sp³-hybridized carbons (Fsp3) is 0.167. The van der Waals surface area contributed by atoms with Crippen LogP contribution in [0.3, 0.4) is 0 Å². The van der Waals surface area contributed by atoms with Gasteiger partial charge in [0.05, 0.1) is 32.0 Å². The van der Waals surface area contributed by atoms with Crippen molar-refractivity contribution in [1.29, 1.82) is 0 Å². The van der Waals surface area contributed by atoms with E-state index in [4.69, 9.17) is 9.47 Å². The van der Waals surface area contributed by atoms with Gasteiger partial charge >= 0.3 is 5.97 Å². The minimum atomic E-state index is -0.637. The zero-order valence-electron chi connectivity index (χ0n) is 21.5. The number of allylic oxidation sites excluding steroid dienone is 1. The summed E-state index contributed by atoms with van der Waals surface area (Å²) in [5, 5.41) is 0. The average Bonchev–Trinajstić information content (AvgIpc) is 3.22. The Balaban J connectivity index is 1.53. The lowest BCUT2D eigenvalue weighted by Crippen LogP contribution is -2.39. The summed E-state index contributed by atoms with van der Waals surface area (Å²) in [5.74, 6) is 0.363. The van der Waals surface area contributed by atoms with E-state index < -0.39 is 12.0 Å². The van der Waals surface area contributed by atoms with Crippen LogP contribution in [-0.4, -0.2) is 17.1 Å². The average molecular weight is 841 g/mol. The van der Waals surface area contributed by atoms with Crippen LogP contribution in [0.25, 0.3) is 6.08 Å². The molecule has 1 aliphatic heterocycles. The number of aromatic nitrogens is 1. The van der Waals surface area contributed by atoms with Crippen LogP contribution in [-0.2, 0) is 16.1 Å². The van der Waals surface area contributed by atoms with Crippen LogP contribution in [0.4, 0.5) is 0 Å². The number of nitrogens with zero attached hydrogens (tertiary/aromatic N) is 2. The van der Waals surface area contributed by atoms with E-state index in [0.29, 0.717) is 27.2 Å². The summed E-state index contributed by atoms with van der Waals surface area (Å²) >= 11 is 9.34. The predicted molar refractivity (Wildman–Crippen MR) is 177 cm³/mol. The quantitative estimate of drug-likeness (QED) is 0.161. The van der Waals surface area contributed by atoms with Crippen LogP contribution >= 0.6 is 72.4 Å². The van der Waals surface area contributed by atoms with Gasteiger partial charge in [-0.1, -0.05) is 57.6 Å². The molecule has 0 saturated heterocycles. The van der Waals surface area contributed by atoms with E-state index >= 15 is 0 Å². The summed E-state index contributed by atoms with van der Waals surface area (Å²) in [6.45, 7) is 4.19. The Kier molecular flexibility index (Phi) is 9.28. The van der Waals surface area contributed by atoms with Crippen molar-refractivity contribution in [2.45, 2.75) is 26.5 Å². The third-order valence-electron chi connectivity index (χ3n) is 6.24. The van der Waals surface area contributed by atoms with E-state index in [1.165, 1.54) is 11.3 Å². The third kappa shape index (κ3) is 6.29. The van der Waals surface area contributed by atoms with E-state index in [-0.39, 0.29) is 12.2 Å². The first-order valence-corrected chi connectivity index (χ1v) is 16.1. The van der Waals surface area contributed by atoms with Gasteiger partial charge in [-0.25, -0.2) is 9.79 Å². The molecule has 0 radical (unpaired) electrons. The third-order valence-corrected chi connectivity index (χ3v) is 9.27. The molecule has 0 fully saturated rings. The van der Waals surface area contributed by atoms with Crippen molar-refractivity contribution in [3.63, 3.8) is 0 Å². The second-order valence-electron chi connectivity index (χ2n) is 8.96. The largest absolute Gasteiger partial charge is 0.488 e. The first-order chi connectivity index (χ1) is 19.2. The van der Waals surface area contributed by atoms with Crippen molar-refractivity contribution >= 4 is 84.5 Å². The van der Waals surface area contributed by atoms with Gasteiger partial charge in [0, 0.05) is 8.04 Å². The molecule has 1 aliphatic rings. The fourth-order valence-corrected chi connectivity index (χ4v) is 7.50. The standard InChI is InChI=1S/C30H23BrI2N2O4S/c1-3-38-29(37)26-17(2)34-30-35(27(26)20-7-9-21(31)10-8-20)28(36)25(40-30)14-18-5-4-6-19(13-18)16-39-24-12-11-22(32)15-23(24)33/h4-15,27H,3,16H2,1-2H3/b25-14-/t27-/m1/s1. The summed E-state index contributed by atoms with van der Waals surface area (Å²) in [5.41, 5.74) is 3.38. The molecule has 0 saturated carbocycles. The van der Waals surface area contributed by atoms with E-state index in [2.05, 4.69) is 72.2 Å². The number of rotatable bonds is 7. The molecule has 0 spiro atoms. The molecule has 204 valence electrons. The predicted octanol–water partition coefficient (Wildman–Crippen LogP) is 6.35. The van der Waals surface area contributed by atoms with Crippen LogP contribution in [0, 0.1) is 7.14 Å². The van der Waals surface area contributed by atoms with E-state index in [1.54, 1.807) is 18.4 Å². The highest BCUT2D eigenvalue weighted by Gasteiger charge is 2.33. The normalized spacial score (nSPS) is 15.0. The highest BCUT2D eigenvalue weighted by molar-refractivity contribution is 14.1. The van der Waals surface area contributed by atoms with Crippen LogP contribution in [0.2, 0.25) is 0 Å². The van der Waals surface area contributed by atoms with Crippen molar-refractivity contribution in [3.8, 4) is 5.75 Å². The summed E-state index contributed by atoms with van der Waals surface area (Å²) in [6.07, 6.45) is 1.87. The van der Waals surface area contributed by atoms with E-state index in [0.717, 1.165) is 34.1 Å². The van der Waals surface area contributed by atoms with Crippen molar-refractivity contribution in [1.82, 2.24) is 4.57 Å². The van der Waals surface area contributed by atoms with E-state index in [1.807, 2.05) is 66.7 Å². The number of ether oxygens (including phenoxy) is 2. The van der Waals surface area contributed by atoms with Gasteiger partial charge in [-0.2, -0.15) is 0 Å². The van der Waals surface area contributed by atoms with Gasteiger partial charge in [0.2, 0.25) is 0 Å². The Bertz CT molecular complexity index is 1810. The number of carbonyl (C=O) groups excluding carboxylic acids is 1. The number of halogens is 3. The molecule has 1 atom stereocenters. The molecule has 0 unspecified atom stereocenters. The lowest BCUT2D eigenvalue weighted by Gasteiger charge is -2.24. The number of hydrogen-bond donors (Lipinski definition) is 0. The number of hydrogen-bond acceptors (Lipinski definition) is 6. The maximum Gasteiger partial charge on any atom is 0.338 e. The van der Waals surface area contributed by atoms with Crippen LogP contribution in [0.15, 0.2) is 92.3 Å². The van der Waals surface area contributed by atoms with Crippen molar-refractivity contribution in [2.24, 2.45) is 4.99 Å². The highest BCUT2D eigenvalue weighted by Crippen LogP contribution is 2.31. The molecule has 10 heteroatoms. The second-order valence-corrected chi connectivity index (χ2v) is 13.3. The maximum absolute atomic E-state index is 13.8. The first-order valence-electron chi connectivity index (χ1n) is 12.4. The smallest absolute Gasteiger partial charge is 0.338 e. The summed E-state index contributed by atoms with van der Waals surface area (Å²) in [7, 11) is 0. The van der Waals surface area contributed by atoms with Crippen LogP contribution in [0.1, 0.15) is 36.6 Å². The molecule has 0 aliphatic carbocycles. The minimum absolute atomic E-state index is 0.207. The molecule has 3 aromatic carbocycles. The van der Waals surface area contributed by atoms with Gasteiger partial charge in [0.15, 0.2) is 4.80 Å². The Hall–Kier alpha value is -2.29. The number of benzene rings is 3. The summed E-state index contributed by atoms with van der Waals surface area (Å²) in [6, 6.07) is 21.0. The summed E-state index contributed by atoms with van der Waals surface area (Å²) < 4.78 is 16.7. The van der Waals surface area contributed by atoms with Gasteiger partial charge in [-0.3, -0.25) is 9.36 Å². The van der Waals surface area contributed by atoms with Crippen molar-refractivity contribution < 1.29 is 14.3 Å². The molecule has 1 aromatic heterocycles. The topological polar surface area (TPSA) is 69.9 Å². The fourth-order valence-electron chi connectivity index (χ4n) is 4.43. The Morgan fingerprint density at radius 1 is 1.12 bits per heavy atom. The minimum Gasteiger partial charge on any atom is -0.488 e. The molecule has 5 rings (SSSR count). The van der Waals surface area contributed by atoms with Gasteiger partial charge < -0.3 is 9.47 Å². The molecule has 6 nitrogen and oxygen atoms in total. The zero-order valence-corrected chi connectivity index (χ0v) is 28.2. The Labute approximate surface area is 270 Å². The van der Waals surface area contributed by atoms with Gasteiger partial charge in [-0.15, -0.1) is 0 Å². The number of carbonyl (C=O) groups is 1. The lowest BCUT2D eigenvalue weighted by atomic mass is 9.96. The summed E-state index contributed by atoms with van der Waals surface area (Å²) in [4.78, 5) is 32.1. The lowest BCUT2D eigenvalue weighted by molar-refractivity contribution is -0.139. The Morgan fingerprint density at radius 3 is 2.62 bits per heavy atom. The van der Waals surface area contributed by atoms with Crippen LogP contribution < -0.4 is 19.6 Å². The number of thiazole rings is 1. The van der Waals surface area contributed by atoms with E-state index in [9.17, 15) is 9.59 Å². The molecular weight excluding hydrogens is 818 g/mol.